The number of aromatic nitrogens is 2. The summed E-state index contributed by atoms with van der Waals surface area (Å²) in [4.78, 5) is 9.60. The van der Waals surface area contributed by atoms with Crippen molar-refractivity contribution in [3.8, 4) is 0 Å². The fourth-order valence-corrected chi connectivity index (χ4v) is 2.13. The highest BCUT2D eigenvalue weighted by atomic mass is 19.4. The van der Waals surface area contributed by atoms with E-state index in [1.54, 1.807) is 0 Å². The average molecular weight is 353 g/mol. The van der Waals surface area contributed by atoms with Gasteiger partial charge in [-0.3, -0.25) is 0 Å². The highest BCUT2D eigenvalue weighted by molar-refractivity contribution is 5.43. The van der Waals surface area contributed by atoms with E-state index >= 15 is 0 Å². The topological polar surface area (TPSA) is 53.1 Å². The standard InChI is InChI=1S/C17H22F3N5/c1-25(2)11-10-22-16-23-14(17(18,19)20)12-15(24-16)21-9-8-13-6-4-3-5-7-13/h3-7,12H,8-11H2,1-2H3,(H2,21,22,23,24). The van der Waals surface area contributed by atoms with Crippen LogP contribution in [0.15, 0.2) is 36.4 Å². The Morgan fingerprint density at radius 1 is 1.00 bits per heavy atom. The highest BCUT2D eigenvalue weighted by Crippen LogP contribution is 2.29. The van der Waals surface area contributed by atoms with Crippen molar-refractivity contribution in [3.63, 3.8) is 0 Å². The molecule has 0 amide bonds. The molecule has 1 aromatic heterocycles. The second kappa shape index (κ2) is 8.66. The molecule has 136 valence electrons. The first kappa shape index (κ1) is 19.0. The van der Waals surface area contributed by atoms with Gasteiger partial charge in [0.15, 0.2) is 5.69 Å². The lowest BCUT2D eigenvalue weighted by Crippen LogP contribution is -2.22. The van der Waals surface area contributed by atoms with Crippen LogP contribution in [0.4, 0.5) is 24.9 Å². The Morgan fingerprint density at radius 2 is 1.72 bits per heavy atom. The smallest absolute Gasteiger partial charge is 0.370 e. The Bertz CT molecular complexity index is 659. The number of halogens is 3. The lowest BCUT2D eigenvalue weighted by atomic mass is 10.1. The van der Waals surface area contributed by atoms with E-state index in [4.69, 9.17) is 0 Å². The van der Waals surface area contributed by atoms with Gasteiger partial charge in [0.2, 0.25) is 5.95 Å². The third-order valence-corrected chi connectivity index (χ3v) is 3.42. The molecule has 0 radical (unpaired) electrons. The van der Waals surface area contributed by atoms with Gasteiger partial charge in [-0.25, -0.2) is 4.98 Å². The van der Waals surface area contributed by atoms with Crippen molar-refractivity contribution in [2.75, 3.05) is 44.4 Å². The summed E-state index contributed by atoms with van der Waals surface area (Å²) in [5.41, 5.74) is 0.140. The first-order chi connectivity index (χ1) is 11.8. The van der Waals surface area contributed by atoms with Gasteiger partial charge in [-0.05, 0) is 26.1 Å². The number of nitrogens with one attached hydrogen (secondary N) is 2. The Morgan fingerprint density at radius 3 is 2.36 bits per heavy atom. The molecule has 0 bridgehead atoms. The number of likely N-dealkylation sites (N-methyl/N-ethyl adjacent to an activating group) is 1. The van der Waals surface area contributed by atoms with E-state index in [0.717, 1.165) is 11.6 Å². The molecule has 8 heteroatoms. The van der Waals surface area contributed by atoms with Gasteiger partial charge in [0, 0.05) is 25.7 Å². The maximum Gasteiger partial charge on any atom is 0.433 e. The number of rotatable bonds is 8. The van der Waals surface area contributed by atoms with E-state index in [0.29, 0.717) is 26.1 Å². The van der Waals surface area contributed by atoms with Crippen molar-refractivity contribution in [1.82, 2.24) is 14.9 Å². The molecule has 1 heterocycles. The summed E-state index contributed by atoms with van der Waals surface area (Å²) in [6.07, 6.45) is -3.83. The summed E-state index contributed by atoms with van der Waals surface area (Å²) in [6, 6.07) is 10.6. The third-order valence-electron chi connectivity index (χ3n) is 3.42. The van der Waals surface area contributed by atoms with Gasteiger partial charge in [-0.15, -0.1) is 0 Å². The number of hydrogen-bond donors (Lipinski definition) is 2. The Hall–Kier alpha value is -2.35. The van der Waals surface area contributed by atoms with Crippen LogP contribution in [0.3, 0.4) is 0 Å². The summed E-state index contributed by atoms with van der Waals surface area (Å²) >= 11 is 0. The van der Waals surface area contributed by atoms with E-state index in [1.807, 2.05) is 49.3 Å². The van der Waals surface area contributed by atoms with Gasteiger partial charge in [-0.1, -0.05) is 30.3 Å². The monoisotopic (exact) mass is 353 g/mol. The highest BCUT2D eigenvalue weighted by Gasteiger charge is 2.33. The van der Waals surface area contributed by atoms with E-state index in [1.165, 1.54) is 0 Å². The van der Waals surface area contributed by atoms with Crippen molar-refractivity contribution in [3.05, 3.63) is 47.7 Å². The summed E-state index contributed by atoms with van der Waals surface area (Å²) < 4.78 is 39.1. The molecule has 0 aliphatic carbocycles. The largest absolute Gasteiger partial charge is 0.433 e. The maximum absolute atomic E-state index is 13.0. The van der Waals surface area contributed by atoms with Gasteiger partial charge in [0.1, 0.15) is 5.82 Å². The Kier molecular flexibility index (Phi) is 6.58. The lowest BCUT2D eigenvalue weighted by Gasteiger charge is -2.14. The second-order valence-corrected chi connectivity index (χ2v) is 5.85. The predicted molar refractivity (Wildman–Crippen MR) is 92.7 cm³/mol. The summed E-state index contributed by atoms with van der Waals surface area (Å²) in [5, 5.41) is 5.78. The number of alkyl halides is 3. The van der Waals surface area contributed by atoms with Crippen LogP contribution in [0.2, 0.25) is 0 Å². The van der Waals surface area contributed by atoms with E-state index in [2.05, 4.69) is 20.6 Å². The van der Waals surface area contributed by atoms with Crippen molar-refractivity contribution >= 4 is 11.8 Å². The first-order valence-electron chi connectivity index (χ1n) is 7.97. The summed E-state index contributed by atoms with van der Waals surface area (Å²) in [6.45, 7) is 1.60. The Balaban J connectivity index is 2.04. The molecule has 2 aromatic rings. The van der Waals surface area contributed by atoms with Crippen LogP contribution in [0, 0.1) is 0 Å². The molecular weight excluding hydrogens is 331 g/mol. The normalized spacial score (nSPS) is 11.6. The van der Waals surface area contributed by atoms with Gasteiger partial charge in [0.25, 0.3) is 0 Å². The van der Waals surface area contributed by atoms with Gasteiger partial charge < -0.3 is 15.5 Å². The fraction of sp³-hybridized carbons (Fsp3) is 0.412. The molecule has 0 aliphatic rings. The van der Waals surface area contributed by atoms with Crippen LogP contribution in [-0.2, 0) is 12.6 Å². The number of nitrogens with zero attached hydrogens (tertiary/aromatic N) is 3. The van der Waals surface area contributed by atoms with Crippen LogP contribution in [-0.4, -0.2) is 48.6 Å². The second-order valence-electron chi connectivity index (χ2n) is 5.85. The van der Waals surface area contributed by atoms with Crippen molar-refractivity contribution in [1.29, 1.82) is 0 Å². The summed E-state index contributed by atoms with van der Waals surface area (Å²) in [5.74, 6) is 0.129. The van der Waals surface area contributed by atoms with Crippen molar-refractivity contribution < 1.29 is 13.2 Å². The molecule has 5 nitrogen and oxygen atoms in total. The molecule has 2 N–H and O–H groups in total. The quantitative estimate of drug-likeness (QED) is 0.764. The summed E-state index contributed by atoms with van der Waals surface area (Å²) in [7, 11) is 3.76. The van der Waals surface area contributed by atoms with Crippen LogP contribution < -0.4 is 10.6 Å². The Labute approximate surface area is 145 Å². The minimum atomic E-state index is -4.52. The van der Waals surface area contributed by atoms with Gasteiger partial charge in [-0.2, -0.15) is 18.2 Å². The molecule has 0 saturated heterocycles. The number of hydrogen-bond acceptors (Lipinski definition) is 5. The minimum absolute atomic E-state index is 0.0288. The molecule has 0 atom stereocenters. The molecule has 2 rings (SSSR count). The van der Waals surface area contributed by atoms with Gasteiger partial charge in [0.05, 0.1) is 0 Å². The van der Waals surface area contributed by atoms with E-state index < -0.39 is 11.9 Å². The zero-order chi connectivity index (χ0) is 18.3. The molecule has 0 aliphatic heterocycles. The SMILES string of the molecule is CN(C)CCNc1nc(NCCc2ccccc2)cc(C(F)(F)F)n1. The lowest BCUT2D eigenvalue weighted by molar-refractivity contribution is -0.141. The van der Waals surface area contributed by atoms with Crippen LogP contribution in [0.1, 0.15) is 11.3 Å². The zero-order valence-corrected chi connectivity index (χ0v) is 14.3. The fourth-order valence-electron chi connectivity index (χ4n) is 2.13. The number of benzene rings is 1. The molecule has 0 fully saturated rings. The molecule has 0 spiro atoms. The van der Waals surface area contributed by atoms with Crippen molar-refractivity contribution in [2.24, 2.45) is 0 Å². The maximum atomic E-state index is 13.0. The van der Waals surface area contributed by atoms with Crippen LogP contribution in [0.25, 0.3) is 0 Å². The van der Waals surface area contributed by atoms with Crippen LogP contribution in [0.5, 0.6) is 0 Å². The van der Waals surface area contributed by atoms with E-state index in [-0.39, 0.29) is 11.8 Å². The van der Waals surface area contributed by atoms with Gasteiger partial charge >= 0.3 is 6.18 Å². The molecular formula is C17H22F3N5. The zero-order valence-electron chi connectivity index (χ0n) is 14.3. The molecule has 0 saturated carbocycles. The number of anilines is 2. The minimum Gasteiger partial charge on any atom is -0.370 e. The molecule has 25 heavy (non-hydrogen) atoms. The third kappa shape index (κ3) is 6.58. The van der Waals surface area contributed by atoms with Crippen LogP contribution >= 0.6 is 0 Å². The predicted octanol–water partition coefficient (Wildman–Crippen LogP) is 3.12. The van der Waals surface area contributed by atoms with E-state index in [9.17, 15) is 13.2 Å². The molecule has 0 unspecified atom stereocenters. The van der Waals surface area contributed by atoms with Crippen molar-refractivity contribution in [2.45, 2.75) is 12.6 Å². The molecule has 1 aromatic carbocycles. The first-order valence-corrected chi connectivity index (χ1v) is 7.97. The average Bonchev–Trinajstić information content (AvgIpc) is 2.54.